The number of aromatic nitrogens is 1. The summed E-state index contributed by atoms with van der Waals surface area (Å²) in [5.74, 6) is 0.934. The lowest BCUT2D eigenvalue weighted by Crippen LogP contribution is -2.48. The van der Waals surface area contributed by atoms with Crippen molar-refractivity contribution in [2.75, 3.05) is 31.1 Å². The van der Waals surface area contributed by atoms with E-state index in [0.717, 1.165) is 16.6 Å². The van der Waals surface area contributed by atoms with E-state index in [2.05, 4.69) is 73.1 Å². The Balaban J connectivity index is 1.65. The number of anilines is 1. The van der Waals surface area contributed by atoms with Crippen molar-refractivity contribution < 1.29 is 9.90 Å². The van der Waals surface area contributed by atoms with Gasteiger partial charge in [-0.15, -0.1) is 0 Å². The molecule has 5 nitrogen and oxygen atoms in total. The van der Waals surface area contributed by atoms with Gasteiger partial charge in [-0.25, -0.2) is 9.78 Å². The zero-order valence-corrected chi connectivity index (χ0v) is 18.4. The number of rotatable bonds is 3. The van der Waals surface area contributed by atoms with Crippen molar-refractivity contribution in [3.8, 4) is 0 Å². The molecule has 30 heavy (non-hydrogen) atoms. The number of pyridine rings is 1. The first-order chi connectivity index (χ1) is 14.3. The molecule has 0 saturated carbocycles. The van der Waals surface area contributed by atoms with Crippen LogP contribution in [0.4, 0.5) is 10.6 Å². The second kappa shape index (κ2) is 8.19. The van der Waals surface area contributed by atoms with Crippen LogP contribution in [-0.2, 0) is 5.41 Å². The summed E-state index contributed by atoms with van der Waals surface area (Å²) >= 11 is 1.78. The summed E-state index contributed by atoms with van der Waals surface area (Å²) in [5, 5.41) is 11.5. The molecule has 4 rings (SSSR count). The summed E-state index contributed by atoms with van der Waals surface area (Å²) < 4.78 is 0. The van der Waals surface area contributed by atoms with Crippen molar-refractivity contribution in [2.24, 2.45) is 0 Å². The molecule has 1 saturated heterocycles. The third-order valence-electron chi connectivity index (χ3n) is 5.49. The summed E-state index contributed by atoms with van der Waals surface area (Å²) in [5.41, 5.74) is 1.42. The topological polar surface area (TPSA) is 56.7 Å². The lowest BCUT2D eigenvalue weighted by molar-refractivity contribution is 0.142. The van der Waals surface area contributed by atoms with Gasteiger partial charge < -0.3 is 14.9 Å². The smallest absolute Gasteiger partial charge is 0.407 e. The van der Waals surface area contributed by atoms with Crippen LogP contribution in [0.5, 0.6) is 0 Å². The maximum absolute atomic E-state index is 11.2. The standard InChI is InChI=1S/C24H27N3O2S/c1-24(2,3)20-6-4-5-7-21(20)30-18-9-8-17-10-11-25-22(19(17)16-18)26-12-14-27(15-13-26)23(28)29/h4-11,16H,12-15H2,1-3H3,(H,28,29). The van der Waals surface area contributed by atoms with Crippen molar-refractivity contribution >= 4 is 34.4 Å². The Kier molecular flexibility index (Phi) is 5.60. The molecule has 6 heteroatoms. The largest absolute Gasteiger partial charge is 0.465 e. The van der Waals surface area contributed by atoms with Crippen molar-refractivity contribution in [3.63, 3.8) is 0 Å². The second-order valence-corrected chi connectivity index (χ2v) is 9.74. The summed E-state index contributed by atoms with van der Waals surface area (Å²) in [4.78, 5) is 22.0. The van der Waals surface area contributed by atoms with Crippen molar-refractivity contribution in [1.29, 1.82) is 0 Å². The summed E-state index contributed by atoms with van der Waals surface area (Å²) in [6.07, 6.45) is 0.986. The van der Waals surface area contributed by atoms with E-state index in [1.807, 2.05) is 12.3 Å². The van der Waals surface area contributed by atoms with Crippen LogP contribution in [0.15, 0.2) is 64.5 Å². The van der Waals surface area contributed by atoms with E-state index in [0.29, 0.717) is 26.2 Å². The lowest BCUT2D eigenvalue weighted by atomic mass is 9.87. The molecule has 3 aromatic rings. The highest BCUT2D eigenvalue weighted by atomic mass is 32.2. The van der Waals surface area contributed by atoms with Crippen molar-refractivity contribution in [3.05, 3.63) is 60.3 Å². The minimum atomic E-state index is -0.850. The van der Waals surface area contributed by atoms with E-state index in [9.17, 15) is 9.90 Å². The Bertz CT molecular complexity index is 1070. The van der Waals surface area contributed by atoms with Gasteiger partial charge in [-0.1, -0.05) is 56.8 Å². The number of carboxylic acid groups (broad SMARTS) is 1. The molecule has 2 aromatic carbocycles. The summed E-state index contributed by atoms with van der Waals surface area (Å²) in [6, 6.07) is 17.1. The second-order valence-electron chi connectivity index (χ2n) is 8.62. The molecule has 2 heterocycles. The molecule has 0 aliphatic carbocycles. The fraction of sp³-hybridized carbons (Fsp3) is 0.333. The first-order valence-corrected chi connectivity index (χ1v) is 11.0. The fourth-order valence-corrected chi connectivity index (χ4v) is 5.06. The number of benzene rings is 2. The van der Waals surface area contributed by atoms with Crippen LogP contribution in [0.3, 0.4) is 0 Å². The number of hydrogen-bond donors (Lipinski definition) is 1. The van der Waals surface area contributed by atoms with E-state index in [4.69, 9.17) is 0 Å². The normalized spacial score (nSPS) is 14.9. The molecule has 0 radical (unpaired) electrons. The Labute approximate surface area is 181 Å². The van der Waals surface area contributed by atoms with Gasteiger partial charge in [0.05, 0.1) is 0 Å². The van der Waals surface area contributed by atoms with E-state index >= 15 is 0 Å². The predicted octanol–water partition coefficient (Wildman–Crippen LogP) is 5.48. The summed E-state index contributed by atoms with van der Waals surface area (Å²) in [7, 11) is 0. The van der Waals surface area contributed by atoms with Crippen LogP contribution in [0, 0.1) is 0 Å². The quantitative estimate of drug-likeness (QED) is 0.607. The molecule has 1 aromatic heterocycles. The Morgan fingerprint density at radius 2 is 1.77 bits per heavy atom. The van der Waals surface area contributed by atoms with Gasteiger partial charge in [0.2, 0.25) is 0 Å². The van der Waals surface area contributed by atoms with Crippen LogP contribution < -0.4 is 4.90 Å². The fourth-order valence-electron chi connectivity index (χ4n) is 3.86. The van der Waals surface area contributed by atoms with Crippen LogP contribution in [0.25, 0.3) is 10.8 Å². The van der Waals surface area contributed by atoms with Crippen LogP contribution >= 0.6 is 11.8 Å². The number of amides is 1. The maximum Gasteiger partial charge on any atom is 0.407 e. The first-order valence-electron chi connectivity index (χ1n) is 10.2. The van der Waals surface area contributed by atoms with Crippen molar-refractivity contribution in [2.45, 2.75) is 36.0 Å². The molecule has 1 N–H and O–H groups in total. The highest BCUT2D eigenvalue weighted by Crippen LogP contribution is 2.38. The van der Waals surface area contributed by atoms with E-state index in [-0.39, 0.29) is 5.41 Å². The monoisotopic (exact) mass is 421 g/mol. The minimum Gasteiger partial charge on any atom is -0.465 e. The first kappa shape index (κ1) is 20.5. The molecule has 0 bridgehead atoms. The van der Waals surface area contributed by atoms with Gasteiger partial charge in [-0.3, -0.25) is 0 Å². The van der Waals surface area contributed by atoms with E-state index < -0.39 is 6.09 Å². The van der Waals surface area contributed by atoms with Crippen LogP contribution in [0.1, 0.15) is 26.3 Å². The molecule has 156 valence electrons. The average molecular weight is 422 g/mol. The summed E-state index contributed by atoms with van der Waals surface area (Å²) in [6.45, 7) is 9.04. The zero-order valence-electron chi connectivity index (χ0n) is 17.6. The van der Waals surface area contributed by atoms with Crippen LogP contribution in [-0.4, -0.2) is 47.3 Å². The van der Waals surface area contributed by atoms with Gasteiger partial charge in [0.1, 0.15) is 5.82 Å². The predicted molar refractivity (Wildman–Crippen MR) is 123 cm³/mol. The number of hydrogen-bond acceptors (Lipinski definition) is 4. The minimum absolute atomic E-state index is 0.0803. The van der Waals surface area contributed by atoms with Gasteiger partial charge in [-0.2, -0.15) is 0 Å². The van der Waals surface area contributed by atoms with Gasteiger partial charge in [0.25, 0.3) is 0 Å². The molecule has 1 amide bonds. The van der Waals surface area contributed by atoms with Gasteiger partial charge >= 0.3 is 6.09 Å². The SMILES string of the molecule is CC(C)(C)c1ccccc1Sc1ccc2ccnc(N3CCN(C(=O)O)CC3)c2c1. The molecule has 0 unspecified atom stereocenters. The van der Waals surface area contributed by atoms with Gasteiger partial charge in [0, 0.05) is 47.6 Å². The lowest BCUT2D eigenvalue weighted by Gasteiger charge is -2.34. The Morgan fingerprint density at radius 1 is 1.03 bits per heavy atom. The maximum atomic E-state index is 11.2. The highest BCUT2D eigenvalue weighted by Gasteiger charge is 2.23. The Hall–Kier alpha value is -2.73. The van der Waals surface area contributed by atoms with E-state index in [1.165, 1.54) is 20.3 Å². The number of piperazine rings is 1. The average Bonchev–Trinajstić information content (AvgIpc) is 2.73. The molecule has 0 spiro atoms. The molecule has 1 aliphatic heterocycles. The molecule has 0 atom stereocenters. The number of carbonyl (C=O) groups is 1. The third kappa shape index (κ3) is 4.24. The molecular formula is C24H27N3O2S. The Morgan fingerprint density at radius 3 is 2.47 bits per heavy atom. The van der Waals surface area contributed by atoms with Crippen LogP contribution in [0.2, 0.25) is 0 Å². The van der Waals surface area contributed by atoms with Gasteiger partial charge in [-0.05, 0) is 40.6 Å². The van der Waals surface area contributed by atoms with Gasteiger partial charge in [0.15, 0.2) is 0 Å². The van der Waals surface area contributed by atoms with Crippen molar-refractivity contribution in [1.82, 2.24) is 9.88 Å². The number of nitrogens with zero attached hydrogens (tertiary/aromatic N) is 3. The van der Waals surface area contributed by atoms with E-state index in [1.54, 1.807) is 11.8 Å². The molecule has 1 aliphatic rings. The molecular weight excluding hydrogens is 394 g/mol. The third-order valence-corrected chi connectivity index (χ3v) is 6.55. The molecule has 1 fully saturated rings. The number of fused-ring (bicyclic) bond motifs is 1. The highest BCUT2D eigenvalue weighted by molar-refractivity contribution is 7.99. The zero-order chi connectivity index (χ0) is 21.3.